The quantitative estimate of drug-likeness (QED) is 0.162. The molecular formula is C57H38O. The first-order valence-electron chi connectivity index (χ1n) is 33.7. The lowest BCUT2D eigenvalue weighted by atomic mass is 9.80. The average Bonchev–Trinajstić information content (AvgIpc) is 1.10. The van der Waals surface area contributed by atoms with Gasteiger partial charge < -0.3 is 4.42 Å². The normalized spacial score (nSPS) is 20.9. The minimum absolute atomic E-state index is 0.173. The molecule has 10 aromatic carbocycles. The van der Waals surface area contributed by atoms with Crippen LogP contribution in [-0.2, 0) is 5.41 Å². The van der Waals surface area contributed by atoms with Crippen molar-refractivity contribution < 1.29 is 48.3 Å². The lowest BCUT2D eigenvalue weighted by Crippen LogP contribution is -2.14. The summed E-state index contributed by atoms with van der Waals surface area (Å²) in [6.07, 6.45) is 0. The summed E-state index contributed by atoms with van der Waals surface area (Å²) in [5.74, 6) is 0. The Hall–Kier alpha value is -7.22. The van der Waals surface area contributed by atoms with E-state index < -0.39 is 303 Å². The molecule has 0 amide bonds. The maximum Gasteiger partial charge on any atom is 0.135 e. The molecule has 1 heteroatoms. The van der Waals surface area contributed by atoms with Crippen LogP contribution in [0.1, 0.15) is 68.8 Å². The van der Waals surface area contributed by atoms with Gasteiger partial charge in [-0.3, -0.25) is 0 Å². The first-order chi connectivity index (χ1) is 41.9. The Kier molecular flexibility index (Phi) is 3.06. The number of hydrogen-bond acceptors (Lipinski definition) is 1. The van der Waals surface area contributed by atoms with Crippen molar-refractivity contribution in [2.24, 2.45) is 0 Å². The second-order valence-corrected chi connectivity index (χ2v) is 13.9. The highest BCUT2D eigenvalue weighted by Gasteiger charge is 2.37. The summed E-state index contributed by atoms with van der Waals surface area (Å²) in [6.45, 7) is 2.90. The van der Waals surface area contributed by atoms with Crippen molar-refractivity contribution in [2.75, 3.05) is 0 Å². The second kappa shape index (κ2) is 12.4. The number of benzene rings is 10. The summed E-state index contributed by atoms with van der Waals surface area (Å²) in [6, 6.07) is -31.3. The van der Waals surface area contributed by atoms with Crippen molar-refractivity contribution in [1.82, 2.24) is 0 Å². The molecule has 0 saturated carbocycles. The molecule has 0 fully saturated rings. The second-order valence-electron chi connectivity index (χ2n) is 13.9. The van der Waals surface area contributed by atoms with Crippen LogP contribution in [0.3, 0.4) is 0 Å². The highest BCUT2D eigenvalue weighted by atomic mass is 16.3. The minimum Gasteiger partial charge on any atom is -0.456 e. The molecular weight excluding hydrogens is 701 g/mol. The lowest BCUT2D eigenvalue weighted by Gasteiger charge is -2.23. The average molecular weight is 771 g/mol. The molecule has 12 rings (SSSR count). The molecule has 11 aromatic rings. The Morgan fingerprint density at radius 1 is 0.345 bits per heavy atom. The van der Waals surface area contributed by atoms with Gasteiger partial charge in [-0.15, -0.1) is 0 Å². The summed E-state index contributed by atoms with van der Waals surface area (Å²) < 4.78 is 305. The third-order valence-corrected chi connectivity index (χ3v) is 10.4. The number of para-hydroxylation sites is 1. The maximum atomic E-state index is 10.6. The maximum absolute atomic E-state index is 10.6. The smallest absolute Gasteiger partial charge is 0.135 e. The van der Waals surface area contributed by atoms with E-state index in [1.807, 2.05) is 0 Å². The van der Waals surface area contributed by atoms with Crippen LogP contribution in [0.2, 0.25) is 0 Å². The summed E-state index contributed by atoms with van der Waals surface area (Å²) in [4.78, 5) is 0. The summed E-state index contributed by atoms with van der Waals surface area (Å²) in [5, 5.41) is -6.23. The monoisotopic (exact) mass is 770 g/mol. The molecule has 272 valence electrons. The van der Waals surface area contributed by atoms with Gasteiger partial charge in [-0.05, 0) is 123 Å². The van der Waals surface area contributed by atoms with Gasteiger partial charge in [-0.1, -0.05) is 183 Å². The van der Waals surface area contributed by atoms with E-state index >= 15 is 0 Å². The Bertz CT molecular complexity index is 5340. The van der Waals surface area contributed by atoms with Crippen LogP contribution in [0, 0.1) is 0 Å². The number of rotatable bonds is 4. The van der Waals surface area contributed by atoms with Crippen molar-refractivity contribution in [3.63, 3.8) is 0 Å². The molecule has 0 radical (unpaired) electrons. The van der Waals surface area contributed by atoms with Crippen LogP contribution in [0.25, 0.3) is 110 Å². The fourth-order valence-electron chi connectivity index (χ4n) is 7.87. The van der Waals surface area contributed by atoms with E-state index in [2.05, 4.69) is 0 Å². The fraction of sp³-hybridized carbons (Fsp3) is 0.0526. The zero-order valence-corrected chi connectivity index (χ0v) is 29.9. The first kappa shape index (κ1) is 14.3. The first-order valence-corrected chi connectivity index (χ1v) is 17.7. The van der Waals surface area contributed by atoms with E-state index in [4.69, 9.17) is 20.9 Å². The molecule has 1 aliphatic rings. The zero-order chi connectivity index (χ0) is 66.4. The topological polar surface area (TPSA) is 13.1 Å². The SMILES string of the molecule is [2H]c1c([2H])c([2H])c(-c2c3c([2H])c([2H])c([2H])c([2H])c3c(-c3c([2H])c([2H])c4oc5c([2H])c([2H])c([2H])c([2H])c5c4c3[2H])c3c([2H])c([2H])c(-c4c([2H])c([2H])c([2H])c5c([2H])c([2H])c([2H])c([2H])c45)c([2H])c23)c(-c2c([2H])c([2H])c([2H])c3c2-c2c([2H])c([2H])c([2H])c([2H])c2C3(C)C)c1[2H]. The highest BCUT2D eigenvalue weighted by Crippen LogP contribution is 2.54. The number of fused-ring (bicyclic) bond motifs is 9. The van der Waals surface area contributed by atoms with Crippen LogP contribution in [-0.4, -0.2) is 0 Å². The standard InChI is InChI=1S/C57H38O/c1-57(2)50-26-11-9-23-47(50)56-43(25-14-27-51(56)57)40-18-5-6-20-42(40)55-45-22-8-7-21-44(45)54(37-30-32-53-48(34-37)41-19-10-12-28-52(41)58-53)46-31-29-36(33-49(46)55)39-24-13-16-35-15-3-4-17-38(35)39/h3-34H,1-2H3/i3D,4D,5D,6D,7D,8D,9D,10D,11D,12D,13D,14D,15D,16D,17D,18D,19D,20D,21D,22D,23D,24D,25D,26D,27D,28D,29D,30D,31D,32D,33D,34D. The summed E-state index contributed by atoms with van der Waals surface area (Å²) >= 11 is 0. The van der Waals surface area contributed by atoms with E-state index in [0.29, 0.717) is 0 Å². The predicted octanol–water partition coefficient (Wildman–Crippen LogP) is 16.0. The Morgan fingerprint density at radius 3 is 1.76 bits per heavy atom. The highest BCUT2D eigenvalue weighted by molar-refractivity contribution is 6.24. The molecule has 0 unspecified atom stereocenters. The van der Waals surface area contributed by atoms with Crippen LogP contribution < -0.4 is 0 Å². The van der Waals surface area contributed by atoms with Crippen LogP contribution in [0.15, 0.2) is 198 Å². The van der Waals surface area contributed by atoms with E-state index in [9.17, 15) is 27.4 Å². The molecule has 0 atom stereocenters. The van der Waals surface area contributed by atoms with Gasteiger partial charge in [0.1, 0.15) is 11.2 Å². The molecule has 1 nitrogen and oxygen atoms in total. The van der Waals surface area contributed by atoms with Gasteiger partial charge in [0.2, 0.25) is 0 Å². The Balaban J connectivity index is 1.45. The third-order valence-electron chi connectivity index (χ3n) is 10.4. The van der Waals surface area contributed by atoms with Crippen molar-refractivity contribution in [2.45, 2.75) is 19.3 Å². The van der Waals surface area contributed by atoms with Gasteiger partial charge in [-0.25, -0.2) is 0 Å². The van der Waals surface area contributed by atoms with E-state index in [1.54, 1.807) is 0 Å². The van der Waals surface area contributed by atoms with E-state index in [-0.39, 0.29) is 16.7 Å². The molecule has 1 heterocycles. The van der Waals surface area contributed by atoms with Crippen molar-refractivity contribution in [3.8, 4) is 55.6 Å². The van der Waals surface area contributed by atoms with E-state index in [1.165, 1.54) is 13.8 Å². The van der Waals surface area contributed by atoms with Gasteiger partial charge >= 0.3 is 0 Å². The molecule has 0 bridgehead atoms. The van der Waals surface area contributed by atoms with Gasteiger partial charge in [0, 0.05) is 16.2 Å². The zero-order valence-electron chi connectivity index (χ0n) is 61.9. The van der Waals surface area contributed by atoms with Gasteiger partial charge in [0.05, 0.1) is 43.9 Å². The van der Waals surface area contributed by atoms with Gasteiger partial charge in [0.15, 0.2) is 0 Å². The third kappa shape index (κ3) is 4.71. The molecule has 0 N–H and O–H groups in total. The van der Waals surface area contributed by atoms with Crippen molar-refractivity contribution >= 4 is 54.3 Å². The lowest BCUT2D eigenvalue weighted by molar-refractivity contribution is 0.660. The molecule has 0 aliphatic heterocycles. The van der Waals surface area contributed by atoms with Crippen LogP contribution in [0.4, 0.5) is 0 Å². The summed E-state index contributed by atoms with van der Waals surface area (Å²) in [7, 11) is 0. The van der Waals surface area contributed by atoms with Gasteiger partial charge in [0.25, 0.3) is 0 Å². The molecule has 1 aromatic heterocycles. The van der Waals surface area contributed by atoms with Crippen molar-refractivity contribution in [3.05, 3.63) is 204 Å². The van der Waals surface area contributed by atoms with Gasteiger partial charge in [-0.2, -0.15) is 0 Å². The summed E-state index contributed by atoms with van der Waals surface area (Å²) in [5.41, 5.74) is -11.3. The Labute approximate surface area is 382 Å². The largest absolute Gasteiger partial charge is 0.456 e. The van der Waals surface area contributed by atoms with E-state index in [0.717, 1.165) is 0 Å². The van der Waals surface area contributed by atoms with Crippen LogP contribution >= 0.6 is 0 Å². The number of furan rings is 1. The molecule has 58 heavy (non-hydrogen) atoms. The number of hydrogen-bond donors (Lipinski definition) is 0. The molecule has 1 aliphatic carbocycles. The Morgan fingerprint density at radius 2 is 0.897 bits per heavy atom. The van der Waals surface area contributed by atoms with Crippen molar-refractivity contribution in [1.29, 1.82) is 0 Å². The molecule has 0 saturated heterocycles. The van der Waals surface area contributed by atoms with Crippen LogP contribution in [0.5, 0.6) is 0 Å². The predicted molar refractivity (Wildman–Crippen MR) is 246 cm³/mol. The minimum atomic E-state index is -1.68. The molecule has 0 spiro atoms. The fourth-order valence-corrected chi connectivity index (χ4v) is 7.87.